The molecule has 0 bridgehead atoms. The Labute approximate surface area is 191 Å². The summed E-state index contributed by atoms with van der Waals surface area (Å²) in [7, 11) is 4.35. The third kappa shape index (κ3) is 4.82. The number of nitrogens with zero attached hydrogens (tertiary/aromatic N) is 2. The van der Waals surface area contributed by atoms with Gasteiger partial charge in [0, 0.05) is 30.2 Å². The summed E-state index contributed by atoms with van der Waals surface area (Å²) >= 11 is 6.36. The van der Waals surface area contributed by atoms with Gasteiger partial charge in [0.2, 0.25) is 0 Å². The van der Waals surface area contributed by atoms with Crippen LogP contribution in [0.5, 0.6) is 5.75 Å². The van der Waals surface area contributed by atoms with Gasteiger partial charge in [-0.05, 0) is 35.4 Å². The molecule has 1 aliphatic rings. The summed E-state index contributed by atoms with van der Waals surface area (Å²) in [6.45, 7) is 7.94. The van der Waals surface area contributed by atoms with Crippen LogP contribution in [0.1, 0.15) is 17.0 Å². The van der Waals surface area contributed by atoms with Gasteiger partial charge in [-0.1, -0.05) is 29.8 Å². The monoisotopic (exact) mass is 456 g/mol. The molecule has 3 rings (SSSR count). The maximum absolute atomic E-state index is 13.7. The number of rotatable bonds is 7. The number of esters is 1. The van der Waals surface area contributed by atoms with Gasteiger partial charge < -0.3 is 14.2 Å². The first-order valence-corrected chi connectivity index (χ1v) is 10.1. The van der Waals surface area contributed by atoms with E-state index in [1.807, 2.05) is 24.3 Å². The summed E-state index contributed by atoms with van der Waals surface area (Å²) in [6.07, 6.45) is 0.345. The van der Waals surface area contributed by atoms with Crippen LogP contribution in [0.2, 0.25) is 5.02 Å². The second-order valence-electron chi connectivity index (χ2n) is 7.15. The molecule has 0 saturated carbocycles. The van der Waals surface area contributed by atoms with Crippen LogP contribution < -0.4 is 4.74 Å². The number of aliphatic imine (C=N–C) groups is 1. The zero-order valence-corrected chi connectivity index (χ0v) is 18.6. The highest BCUT2D eigenvalue weighted by Crippen LogP contribution is 2.43. The number of methoxy groups -OCH3 is 3. The van der Waals surface area contributed by atoms with Crippen molar-refractivity contribution >= 4 is 23.3 Å². The zero-order chi connectivity index (χ0) is 23.3. The Morgan fingerprint density at radius 2 is 1.91 bits per heavy atom. The SMILES string of the molecule is [C-]#[N+]C1=C(Cc2ccc(OC)cc2)N=C(COC)C(C(=O)OC)C1c1ccc(F)cc1Cl. The predicted octanol–water partition coefficient (Wildman–Crippen LogP) is 4.84. The molecule has 0 saturated heterocycles. The Balaban J connectivity index is 2.18. The molecule has 8 heteroatoms. The van der Waals surface area contributed by atoms with E-state index in [1.54, 1.807) is 7.11 Å². The second-order valence-corrected chi connectivity index (χ2v) is 7.56. The van der Waals surface area contributed by atoms with Crippen molar-refractivity contribution in [3.63, 3.8) is 0 Å². The maximum Gasteiger partial charge on any atom is 0.314 e. The van der Waals surface area contributed by atoms with Gasteiger partial charge in [-0.2, -0.15) is 0 Å². The molecule has 0 spiro atoms. The van der Waals surface area contributed by atoms with E-state index in [2.05, 4.69) is 9.84 Å². The first-order chi connectivity index (χ1) is 15.4. The highest BCUT2D eigenvalue weighted by Gasteiger charge is 2.42. The minimum atomic E-state index is -0.924. The van der Waals surface area contributed by atoms with Crippen LogP contribution in [0.25, 0.3) is 4.85 Å². The van der Waals surface area contributed by atoms with Crippen molar-refractivity contribution in [3.05, 3.63) is 87.2 Å². The number of allylic oxidation sites excluding steroid dienone is 2. The molecular formula is C24H22ClFN2O4. The number of hydrogen-bond donors (Lipinski definition) is 0. The minimum absolute atomic E-state index is 0.0620. The lowest BCUT2D eigenvalue weighted by atomic mass is 9.77. The van der Waals surface area contributed by atoms with E-state index < -0.39 is 23.6 Å². The van der Waals surface area contributed by atoms with Crippen molar-refractivity contribution in [1.82, 2.24) is 0 Å². The van der Waals surface area contributed by atoms with Gasteiger partial charge in [0.05, 0.1) is 39.0 Å². The molecule has 2 aromatic carbocycles. The van der Waals surface area contributed by atoms with Crippen molar-refractivity contribution in [2.45, 2.75) is 12.3 Å². The van der Waals surface area contributed by atoms with Crippen molar-refractivity contribution in [2.24, 2.45) is 10.9 Å². The van der Waals surface area contributed by atoms with Crippen LogP contribution in [0.3, 0.4) is 0 Å². The van der Waals surface area contributed by atoms with E-state index in [0.29, 0.717) is 29.1 Å². The molecule has 2 unspecified atom stereocenters. The molecule has 0 aromatic heterocycles. The van der Waals surface area contributed by atoms with Crippen molar-refractivity contribution in [2.75, 3.05) is 27.9 Å². The third-order valence-corrected chi connectivity index (χ3v) is 5.58. The summed E-state index contributed by atoms with van der Waals surface area (Å²) in [5.41, 5.74) is 2.51. The van der Waals surface area contributed by atoms with E-state index in [-0.39, 0.29) is 17.3 Å². The number of ether oxygens (including phenoxy) is 3. The molecule has 1 aliphatic heterocycles. The first-order valence-electron chi connectivity index (χ1n) is 9.76. The molecule has 1 heterocycles. The third-order valence-electron chi connectivity index (χ3n) is 5.26. The van der Waals surface area contributed by atoms with E-state index in [0.717, 1.165) is 11.6 Å². The summed E-state index contributed by atoms with van der Waals surface area (Å²) in [6, 6.07) is 11.3. The molecule has 0 N–H and O–H groups in total. The van der Waals surface area contributed by atoms with E-state index in [9.17, 15) is 9.18 Å². The van der Waals surface area contributed by atoms with Crippen molar-refractivity contribution in [3.8, 4) is 5.75 Å². The summed E-state index contributed by atoms with van der Waals surface area (Å²) < 4.78 is 29.2. The van der Waals surface area contributed by atoms with Crippen LogP contribution in [0.15, 0.2) is 58.9 Å². The van der Waals surface area contributed by atoms with Crippen LogP contribution >= 0.6 is 11.6 Å². The molecule has 2 aromatic rings. The fourth-order valence-electron chi connectivity index (χ4n) is 3.78. The smallest absolute Gasteiger partial charge is 0.314 e. The summed E-state index contributed by atoms with van der Waals surface area (Å²) in [4.78, 5) is 21.2. The van der Waals surface area contributed by atoms with Gasteiger partial charge in [0.1, 0.15) is 11.6 Å². The van der Waals surface area contributed by atoms with Crippen LogP contribution in [-0.2, 0) is 20.7 Å². The fourth-order valence-corrected chi connectivity index (χ4v) is 4.07. The molecule has 0 aliphatic carbocycles. The molecule has 6 nitrogen and oxygen atoms in total. The molecule has 2 atom stereocenters. The molecule has 0 amide bonds. The summed E-state index contributed by atoms with van der Waals surface area (Å²) in [5.74, 6) is -2.09. The first kappa shape index (κ1) is 23.5. The summed E-state index contributed by atoms with van der Waals surface area (Å²) in [5, 5.41) is 0.118. The maximum atomic E-state index is 13.7. The molecule has 0 radical (unpaired) electrons. The number of halogens is 2. The lowest BCUT2D eigenvalue weighted by molar-refractivity contribution is -0.143. The van der Waals surface area contributed by atoms with Crippen LogP contribution in [0.4, 0.5) is 4.39 Å². The van der Waals surface area contributed by atoms with E-state index in [4.69, 9.17) is 32.4 Å². The molecule has 166 valence electrons. The second kappa shape index (κ2) is 10.4. The van der Waals surface area contributed by atoms with Crippen molar-refractivity contribution in [1.29, 1.82) is 0 Å². The topological polar surface area (TPSA) is 61.5 Å². The Morgan fingerprint density at radius 1 is 1.19 bits per heavy atom. The van der Waals surface area contributed by atoms with Crippen molar-refractivity contribution < 1.29 is 23.4 Å². The van der Waals surface area contributed by atoms with Gasteiger partial charge in [0.25, 0.3) is 0 Å². The van der Waals surface area contributed by atoms with Gasteiger partial charge in [-0.3, -0.25) is 9.79 Å². The average molecular weight is 457 g/mol. The molecule has 32 heavy (non-hydrogen) atoms. The lowest BCUT2D eigenvalue weighted by Crippen LogP contribution is -2.37. The highest BCUT2D eigenvalue weighted by atomic mass is 35.5. The van der Waals surface area contributed by atoms with Crippen LogP contribution in [-0.4, -0.2) is 39.6 Å². The lowest BCUT2D eigenvalue weighted by Gasteiger charge is -2.31. The molecular weight excluding hydrogens is 435 g/mol. The van der Waals surface area contributed by atoms with Gasteiger partial charge in [-0.25, -0.2) is 9.24 Å². The standard InChI is InChI=1S/C24H22ClFN2O4/c1-27-23-19(11-14-5-8-16(31-3)9-6-14)28-20(13-30-2)22(24(29)32-4)21(23)17-10-7-15(26)12-18(17)25/h5-10,12,21-22H,11,13H2,2-4H3. The Hall–Kier alpha value is -3.21. The normalized spacial score (nSPS) is 18.1. The van der Waals surface area contributed by atoms with Gasteiger partial charge in [-0.15, -0.1) is 0 Å². The highest BCUT2D eigenvalue weighted by molar-refractivity contribution is 6.31. The van der Waals surface area contributed by atoms with Crippen LogP contribution in [0, 0.1) is 18.3 Å². The fraction of sp³-hybridized carbons (Fsp3) is 0.292. The van der Waals surface area contributed by atoms with E-state index >= 15 is 0 Å². The predicted molar refractivity (Wildman–Crippen MR) is 119 cm³/mol. The zero-order valence-electron chi connectivity index (χ0n) is 17.9. The van der Waals surface area contributed by atoms with Gasteiger partial charge >= 0.3 is 5.97 Å². The Bertz CT molecular complexity index is 1110. The minimum Gasteiger partial charge on any atom is -0.497 e. The number of benzene rings is 2. The number of carbonyl (C=O) groups is 1. The van der Waals surface area contributed by atoms with E-state index in [1.165, 1.54) is 26.4 Å². The Morgan fingerprint density at radius 3 is 2.47 bits per heavy atom. The largest absolute Gasteiger partial charge is 0.497 e. The molecule has 0 fully saturated rings. The number of hydrogen-bond acceptors (Lipinski definition) is 5. The Kier molecular flexibility index (Phi) is 7.62. The number of carbonyl (C=O) groups excluding carboxylic acids is 1. The van der Waals surface area contributed by atoms with Gasteiger partial charge in [0.15, 0.2) is 5.70 Å². The quantitative estimate of drug-likeness (QED) is 0.442. The average Bonchev–Trinajstić information content (AvgIpc) is 2.79.